The molecular formula is C15H27N3O3S. The van der Waals surface area contributed by atoms with Gasteiger partial charge in [-0.15, -0.1) is 11.8 Å². The van der Waals surface area contributed by atoms with E-state index in [1.165, 1.54) is 0 Å². The number of carbonyl (C=O) groups is 2. The maximum Gasteiger partial charge on any atom is 0.241 e. The number of hydrogen-bond donors (Lipinski definition) is 2. The lowest BCUT2D eigenvalue weighted by atomic mass is 9.92. The van der Waals surface area contributed by atoms with Crippen molar-refractivity contribution in [1.82, 2.24) is 9.80 Å². The average Bonchev–Trinajstić information content (AvgIpc) is 2.86. The standard InChI is InChI=1S/C15H27N3O3S/c1-14(2,3)13(21)18-7-8-22-15(18)5-4-6-17(10-15)12(20)11(16)9-19/h11,19H,4-10,16H2,1-3H3/t11-,15?/m0/s1. The van der Waals surface area contributed by atoms with Gasteiger partial charge >= 0.3 is 0 Å². The summed E-state index contributed by atoms with van der Waals surface area (Å²) in [6.07, 6.45) is 1.75. The third-order valence-corrected chi connectivity index (χ3v) is 5.80. The molecule has 2 heterocycles. The Kier molecular flexibility index (Phi) is 5.09. The number of carbonyl (C=O) groups excluding carboxylic acids is 2. The number of thioether (sulfide) groups is 1. The number of likely N-dealkylation sites (tertiary alicyclic amines) is 1. The molecule has 2 atom stereocenters. The van der Waals surface area contributed by atoms with Crippen LogP contribution in [0.25, 0.3) is 0 Å². The predicted molar refractivity (Wildman–Crippen MR) is 87.2 cm³/mol. The lowest BCUT2D eigenvalue weighted by molar-refractivity contribution is -0.146. The molecule has 126 valence electrons. The molecule has 2 rings (SSSR count). The lowest BCUT2D eigenvalue weighted by Crippen LogP contribution is -2.60. The van der Waals surface area contributed by atoms with Gasteiger partial charge in [0.15, 0.2) is 0 Å². The average molecular weight is 329 g/mol. The van der Waals surface area contributed by atoms with Crippen LogP contribution in [0.2, 0.25) is 0 Å². The summed E-state index contributed by atoms with van der Waals surface area (Å²) >= 11 is 1.77. The van der Waals surface area contributed by atoms with E-state index in [0.717, 1.165) is 25.1 Å². The van der Waals surface area contributed by atoms with Gasteiger partial charge in [-0.25, -0.2) is 0 Å². The first-order valence-electron chi connectivity index (χ1n) is 7.82. The van der Waals surface area contributed by atoms with Gasteiger partial charge in [-0.2, -0.15) is 0 Å². The number of rotatable bonds is 2. The van der Waals surface area contributed by atoms with Crippen LogP contribution in [0.5, 0.6) is 0 Å². The second-order valence-electron chi connectivity index (χ2n) is 7.15. The molecule has 2 fully saturated rings. The Morgan fingerprint density at radius 3 is 2.64 bits per heavy atom. The largest absolute Gasteiger partial charge is 0.394 e. The van der Waals surface area contributed by atoms with Crippen LogP contribution < -0.4 is 5.73 Å². The second-order valence-corrected chi connectivity index (χ2v) is 8.61. The van der Waals surface area contributed by atoms with Crippen molar-refractivity contribution in [3.05, 3.63) is 0 Å². The fourth-order valence-corrected chi connectivity index (χ4v) is 4.66. The van der Waals surface area contributed by atoms with Gasteiger partial charge in [0.1, 0.15) is 10.9 Å². The molecular weight excluding hydrogens is 302 g/mol. The van der Waals surface area contributed by atoms with E-state index < -0.39 is 11.5 Å². The highest BCUT2D eigenvalue weighted by Gasteiger charge is 2.49. The maximum atomic E-state index is 12.8. The lowest BCUT2D eigenvalue weighted by Gasteiger charge is -2.46. The van der Waals surface area contributed by atoms with Gasteiger partial charge in [-0.05, 0) is 12.8 Å². The first-order valence-corrected chi connectivity index (χ1v) is 8.81. The number of amides is 2. The van der Waals surface area contributed by atoms with Gasteiger partial charge in [0.25, 0.3) is 0 Å². The molecule has 0 aromatic rings. The van der Waals surface area contributed by atoms with E-state index in [2.05, 4.69) is 0 Å². The smallest absolute Gasteiger partial charge is 0.241 e. The van der Waals surface area contributed by atoms with Crippen LogP contribution in [0.4, 0.5) is 0 Å². The van der Waals surface area contributed by atoms with E-state index >= 15 is 0 Å². The van der Waals surface area contributed by atoms with Gasteiger partial charge in [-0.3, -0.25) is 9.59 Å². The summed E-state index contributed by atoms with van der Waals surface area (Å²) in [7, 11) is 0. The molecule has 0 bridgehead atoms. The van der Waals surface area contributed by atoms with E-state index in [-0.39, 0.29) is 23.3 Å². The normalized spacial score (nSPS) is 27.3. The summed E-state index contributed by atoms with van der Waals surface area (Å²) in [5.41, 5.74) is 5.24. The second kappa shape index (κ2) is 6.37. The van der Waals surface area contributed by atoms with Crippen LogP contribution in [0.1, 0.15) is 33.6 Å². The molecule has 2 saturated heterocycles. The van der Waals surface area contributed by atoms with Crippen molar-refractivity contribution in [1.29, 1.82) is 0 Å². The van der Waals surface area contributed by atoms with Gasteiger partial charge in [-0.1, -0.05) is 20.8 Å². The van der Waals surface area contributed by atoms with Crippen molar-refractivity contribution in [2.45, 2.75) is 44.5 Å². The Morgan fingerprint density at radius 2 is 2.05 bits per heavy atom. The van der Waals surface area contributed by atoms with Crippen molar-refractivity contribution < 1.29 is 14.7 Å². The third kappa shape index (κ3) is 3.26. The highest BCUT2D eigenvalue weighted by molar-refractivity contribution is 8.00. The molecule has 7 heteroatoms. The number of nitrogens with two attached hydrogens (primary N) is 1. The zero-order valence-electron chi connectivity index (χ0n) is 13.7. The molecule has 2 amide bonds. The Balaban J connectivity index is 2.18. The molecule has 0 saturated carbocycles. The summed E-state index contributed by atoms with van der Waals surface area (Å²) in [6, 6.07) is -0.867. The molecule has 1 unspecified atom stereocenters. The quantitative estimate of drug-likeness (QED) is 0.758. The first kappa shape index (κ1) is 17.6. The van der Waals surface area contributed by atoms with Gasteiger partial charge in [0.2, 0.25) is 11.8 Å². The highest BCUT2D eigenvalue weighted by Crippen LogP contribution is 2.44. The van der Waals surface area contributed by atoms with Gasteiger partial charge in [0, 0.05) is 24.3 Å². The number of piperidine rings is 1. The molecule has 6 nitrogen and oxygen atoms in total. The van der Waals surface area contributed by atoms with Crippen LogP contribution in [0.15, 0.2) is 0 Å². The zero-order valence-corrected chi connectivity index (χ0v) is 14.5. The van der Waals surface area contributed by atoms with Gasteiger partial charge < -0.3 is 20.6 Å². The van der Waals surface area contributed by atoms with Crippen molar-refractivity contribution >= 4 is 23.6 Å². The van der Waals surface area contributed by atoms with Gasteiger partial charge in [0.05, 0.1) is 13.2 Å². The number of aliphatic hydroxyl groups excluding tert-OH is 1. The van der Waals surface area contributed by atoms with Crippen LogP contribution in [-0.2, 0) is 9.59 Å². The fourth-order valence-electron chi connectivity index (χ4n) is 3.14. The minimum Gasteiger partial charge on any atom is -0.394 e. The predicted octanol–water partition coefficient (Wildman–Crippen LogP) is 0.246. The molecule has 0 aromatic carbocycles. The number of hydrogen-bond acceptors (Lipinski definition) is 5. The molecule has 0 aromatic heterocycles. The summed E-state index contributed by atoms with van der Waals surface area (Å²) in [6.45, 7) is 7.33. The molecule has 0 radical (unpaired) electrons. The van der Waals surface area contributed by atoms with Crippen LogP contribution >= 0.6 is 11.8 Å². The number of aliphatic hydroxyl groups is 1. The fraction of sp³-hybridized carbons (Fsp3) is 0.867. The molecule has 2 aliphatic rings. The summed E-state index contributed by atoms with van der Waals surface area (Å²) in [4.78, 5) is 28.4. The Labute approximate surface area is 136 Å². The van der Waals surface area contributed by atoms with E-state index in [9.17, 15) is 9.59 Å². The monoisotopic (exact) mass is 329 g/mol. The minimum atomic E-state index is -0.867. The summed E-state index contributed by atoms with van der Waals surface area (Å²) in [5, 5.41) is 9.10. The van der Waals surface area contributed by atoms with Crippen molar-refractivity contribution in [3.8, 4) is 0 Å². The van der Waals surface area contributed by atoms with Crippen LogP contribution in [0.3, 0.4) is 0 Å². The molecule has 1 spiro atoms. The zero-order chi connectivity index (χ0) is 16.5. The summed E-state index contributed by atoms with van der Waals surface area (Å²) in [5.74, 6) is 0.811. The molecule has 3 N–H and O–H groups in total. The molecule has 2 aliphatic heterocycles. The Morgan fingerprint density at radius 1 is 1.36 bits per heavy atom. The number of nitrogens with zero attached hydrogens (tertiary/aromatic N) is 2. The van der Waals surface area contributed by atoms with E-state index in [1.807, 2.05) is 25.7 Å². The topological polar surface area (TPSA) is 86.9 Å². The molecule has 0 aliphatic carbocycles. The minimum absolute atomic E-state index is 0.137. The third-order valence-electron chi connectivity index (χ3n) is 4.32. The highest BCUT2D eigenvalue weighted by atomic mass is 32.2. The SMILES string of the molecule is CC(C)(C)C(=O)N1CCSC12CCCN(C(=O)[C@@H](N)CO)C2. The van der Waals surface area contributed by atoms with Crippen molar-refractivity contribution in [2.24, 2.45) is 11.1 Å². The van der Waals surface area contributed by atoms with Crippen LogP contribution in [0, 0.1) is 5.41 Å². The van der Waals surface area contributed by atoms with E-state index in [0.29, 0.717) is 13.1 Å². The first-order chi connectivity index (χ1) is 10.2. The van der Waals surface area contributed by atoms with Crippen LogP contribution in [-0.4, -0.2) is 69.6 Å². The van der Waals surface area contributed by atoms with E-state index in [1.54, 1.807) is 16.7 Å². The van der Waals surface area contributed by atoms with E-state index in [4.69, 9.17) is 10.8 Å². The summed E-state index contributed by atoms with van der Waals surface area (Å²) < 4.78 is 0. The Bertz CT molecular complexity index is 452. The van der Waals surface area contributed by atoms with Crippen molar-refractivity contribution in [2.75, 3.05) is 32.0 Å². The molecule has 22 heavy (non-hydrogen) atoms. The van der Waals surface area contributed by atoms with Crippen molar-refractivity contribution in [3.63, 3.8) is 0 Å². The maximum absolute atomic E-state index is 12.8. The Hall–Kier alpha value is -0.790.